The maximum absolute atomic E-state index is 12.9. The predicted octanol–water partition coefficient (Wildman–Crippen LogP) is 14.0. The minimum atomic E-state index is -0.984. The molecule has 0 aliphatic heterocycles. The monoisotopic (exact) mass is 1240 g/mol. The van der Waals surface area contributed by atoms with Gasteiger partial charge in [-0.15, -0.1) is 0 Å². The van der Waals surface area contributed by atoms with E-state index < -0.39 is 48.0 Å². The molecule has 0 saturated heterocycles. The van der Waals surface area contributed by atoms with Crippen LogP contribution in [-0.4, -0.2) is 125 Å². The van der Waals surface area contributed by atoms with Gasteiger partial charge in [-0.1, -0.05) is 150 Å². The summed E-state index contributed by atoms with van der Waals surface area (Å²) >= 11 is 0. The molecule has 0 fully saturated rings. The largest absolute Gasteiger partial charge is 0.466 e. The van der Waals surface area contributed by atoms with Crippen LogP contribution >= 0.6 is 0 Å². The van der Waals surface area contributed by atoms with E-state index >= 15 is 0 Å². The number of carbonyl (C=O) groups is 10. The average molecular weight is 1240 g/mol. The molecule has 0 aromatic carbocycles. The Morgan fingerprint density at radius 1 is 0.195 bits per heavy atom. The number of unbranched alkanes of at least 4 members (excludes halogenated alkanes) is 24. The highest BCUT2D eigenvalue weighted by atomic mass is 16.6. The van der Waals surface area contributed by atoms with E-state index in [0.717, 1.165) is 148 Å². The third-order valence-corrected chi connectivity index (χ3v) is 14.2. The van der Waals surface area contributed by atoms with Crippen LogP contribution in [-0.2, 0) is 95.3 Å². The average Bonchev–Trinajstić information content (AvgIpc) is 3.54. The summed E-state index contributed by atoms with van der Waals surface area (Å²) in [6.45, 7) is 8.85. The summed E-state index contributed by atoms with van der Waals surface area (Å²) in [5.74, 6) is -3.64. The Hall–Kier alpha value is -5.30. The molecule has 0 heterocycles. The van der Waals surface area contributed by atoms with Crippen molar-refractivity contribution in [2.45, 2.75) is 316 Å². The van der Waals surface area contributed by atoms with Gasteiger partial charge >= 0.3 is 59.7 Å². The minimum Gasteiger partial charge on any atom is -0.466 e. The summed E-state index contributed by atoms with van der Waals surface area (Å²) in [4.78, 5) is 124. The van der Waals surface area contributed by atoms with Gasteiger partial charge in [-0.25, -0.2) is 0 Å². The van der Waals surface area contributed by atoms with Crippen molar-refractivity contribution in [3.8, 4) is 0 Å². The molecule has 0 bridgehead atoms. The molecule has 0 rings (SSSR count). The molecule has 0 N–H and O–H groups in total. The lowest BCUT2D eigenvalue weighted by Gasteiger charge is -2.18. The van der Waals surface area contributed by atoms with Crippen LogP contribution in [0.5, 0.6) is 0 Å². The minimum absolute atomic E-state index is 0.111. The smallest absolute Gasteiger partial charge is 0.306 e. The van der Waals surface area contributed by atoms with Crippen molar-refractivity contribution in [3.05, 3.63) is 0 Å². The summed E-state index contributed by atoms with van der Waals surface area (Å²) in [6, 6.07) is 0. The van der Waals surface area contributed by atoms with Crippen molar-refractivity contribution < 1.29 is 95.3 Å². The van der Waals surface area contributed by atoms with E-state index in [0.29, 0.717) is 116 Å². The molecular formula is C67H116O20. The second-order valence-corrected chi connectivity index (χ2v) is 22.6. The number of ether oxygens (including phenoxy) is 10. The van der Waals surface area contributed by atoms with Crippen molar-refractivity contribution in [1.29, 1.82) is 0 Å². The summed E-state index contributed by atoms with van der Waals surface area (Å²) in [5.41, 5.74) is 0. The van der Waals surface area contributed by atoms with Gasteiger partial charge < -0.3 is 47.4 Å². The molecule has 0 saturated carbocycles. The molecule has 504 valence electrons. The highest BCUT2D eigenvalue weighted by Gasteiger charge is 2.22. The molecule has 87 heavy (non-hydrogen) atoms. The molecule has 0 aromatic rings. The highest BCUT2D eigenvalue weighted by molar-refractivity contribution is 5.73. The van der Waals surface area contributed by atoms with E-state index in [1.807, 2.05) is 27.7 Å². The first-order valence-corrected chi connectivity index (χ1v) is 33.9. The van der Waals surface area contributed by atoms with Gasteiger partial charge in [0.05, 0.1) is 26.4 Å². The van der Waals surface area contributed by atoms with Crippen molar-refractivity contribution in [3.63, 3.8) is 0 Å². The van der Waals surface area contributed by atoms with Crippen molar-refractivity contribution in [1.82, 2.24) is 0 Å². The second-order valence-electron chi connectivity index (χ2n) is 22.6. The van der Waals surface area contributed by atoms with Crippen LogP contribution in [0.15, 0.2) is 0 Å². The van der Waals surface area contributed by atoms with Crippen LogP contribution in [0.1, 0.15) is 304 Å². The molecular weight excluding hydrogens is 1120 g/mol. The Kier molecular flexibility index (Phi) is 57.2. The molecule has 2 unspecified atom stereocenters. The quantitative estimate of drug-likeness (QED) is 0.0311. The molecule has 20 heteroatoms. The summed E-state index contributed by atoms with van der Waals surface area (Å²) in [6.07, 6.45) is 25.8. The Labute approximate surface area is 522 Å². The number of rotatable bonds is 62. The fourth-order valence-electron chi connectivity index (χ4n) is 8.71. The highest BCUT2D eigenvalue weighted by Crippen LogP contribution is 2.16. The lowest BCUT2D eigenvalue weighted by molar-refractivity contribution is -0.167. The number of hydrogen-bond acceptors (Lipinski definition) is 20. The molecule has 0 amide bonds. The zero-order valence-electron chi connectivity index (χ0n) is 54.4. The first-order chi connectivity index (χ1) is 42.2. The molecule has 0 aliphatic rings. The molecule has 0 spiro atoms. The third kappa shape index (κ3) is 58.2. The third-order valence-electron chi connectivity index (χ3n) is 14.2. The van der Waals surface area contributed by atoms with Gasteiger partial charge in [0, 0.05) is 64.2 Å². The van der Waals surface area contributed by atoms with Gasteiger partial charge in [-0.2, -0.15) is 0 Å². The summed E-state index contributed by atoms with van der Waals surface area (Å²) < 4.78 is 53.9. The van der Waals surface area contributed by atoms with Crippen molar-refractivity contribution in [2.24, 2.45) is 0 Å². The number of esters is 10. The van der Waals surface area contributed by atoms with E-state index in [1.54, 1.807) is 0 Å². The Morgan fingerprint density at radius 3 is 0.517 bits per heavy atom. The van der Waals surface area contributed by atoms with Crippen LogP contribution < -0.4 is 0 Å². The Morgan fingerprint density at radius 2 is 0.345 bits per heavy atom. The van der Waals surface area contributed by atoms with E-state index in [-0.39, 0.29) is 88.8 Å². The normalized spacial score (nSPS) is 11.6. The molecule has 2 atom stereocenters. The molecule has 0 aromatic heterocycles. The first kappa shape index (κ1) is 81.7. The maximum Gasteiger partial charge on any atom is 0.306 e. The molecule has 0 radical (unpaired) electrons. The number of carbonyl (C=O) groups excluding carboxylic acids is 10. The summed E-state index contributed by atoms with van der Waals surface area (Å²) in [5, 5.41) is 0. The van der Waals surface area contributed by atoms with Crippen molar-refractivity contribution in [2.75, 3.05) is 52.9 Å². The van der Waals surface area contributed by atoms with E-state index in [4.69, 9.17) is 47.4 Å². The Bertz CT molecular complexity index is 1680. The lowest BCUT2D eigenvalue weighted by Crippen LogP contribution is -2.30. The van der Waals surface area contributed by atoms with Gasteiger partial charge in [-0.3, -0.25) is 47.9 Å². The number of hydrogen-bond donors (Lipinski definition) is 0. The van der Waals surface area contributed by atoms with Crippen LogP contribution in [0.3, 0.4) is 0 Å². The van der Waals surface area contributed by atoms with E-state index in [2.05, 4.69) is 0 Å². The first-order valence-electron chi connectivity index (χ1n) is 33.9. The fourth-order valence-corrected chi connectivity index (χ4v) is 8.71. The molecule has 0 aliphatic carbocycles. The van der Waals surface area contributed by atoms with Gasteiger partial charge in [0.1, 0.15) is 26.4 Å². The van der Waals surface area contributed by atoms with Gasteiger partial charge in [0.15, 0.2) is 12.2 Å². The lowest BCUT2D eigenvalue weighted by atomic mass is 10.1. The second kappa shape index (κ2) is 61.0. The van der Waals surface area contributed by atoms with Gasteiger partial charge in [-0.05, 0) is 89.9 Å². The molecule has 20 nitrogen and oxygen atoms in total. The van der Waals surface area contributed by atoms with Gasteiger partial charge in [0.25, 0.3) is 0 Å². The predicted molar refractivity (Wildman–Crippen MR) is 329 cm³/mol. The Balaban J connectivity index is 4.96. The fraction of sp³-hybridized carbons (Fsp3) is 0.851. The topological polar surface area (TPSA) is 263 Å². The summed E-state index contributed by atoms with van der Waals surface area (Å²) in [7, 11) is 0. The zero-order valence-corrected chi connectivity index (χ0v) is 54.4. The van der Waals surface area contributed by atoms with Crippen LogP contribution in [0.25, 0.3) is 0 Å². The van der Waals surface area contributed by atoms with E-state index in [1.165, 1.54) is 0 Å². The van der Waals surface area contributed by atoms with Crippen LogP contribution in [0.4, 0.5) is 0 Å². The zero-order chi connectivity index (χ0) is 64.1. The maximum atomic E-state index is 12.9. The van der Waals surface area contributed by atoms with E-state index in [9.17, 15) is 47.9 Å². The standard InChI is InChI=1S/C67H116O20/c1-5-9-48-78-58(68)38-28-18-13-22-32-42-62(72)82-52-56(86-66(76)46-36-26-16-20-30-40-60(70)80-50-11-7-3)54-84-64(74)44-34-24-15-25-35-45-65(75)85-55-57(87-67(77)47-37-27-17-21-31-41-61(71)81-51-12-8-4)53-83-63(73)43-33-23-14-19-29-39-59(69)79-49-10-6-2/h56-57H,5-55H2,1-4H3. The van der Waals surface area contributed by atoms with Crippen LogP contribution in [0.2, 0.25) is 0 Å². The van der Waals surface area contributed by atoms with Crippen molar-refractivity contribution >= 4 is 59.7 Å². The van der Waals surface area contributed by atoms with Crippen LogP contribution in [0, 0.1) is 0 Å². The van der Waals surface area contributed by atoms with Gasteiger partial charge in [0.2, 0.25) is 0 Å². The SMILES string of the molecule is CCCCOC(=O)CCCCCCCC(=O)OCC(COC(=O)CCCCCCCC(=O)OCC(COC(=O)CCCCCCCC(=O)OCCCC)OC(=O)CCCCCCCC(=O)OCCCC)OC(=O)CCCCCCCC(=O)OCCCC.